The van der Waals surface area contributed by atoms with Crippen LogP contribution >= 0.6 is 0 Å². The third-order valence-electron chi connectivity index (χ3n) is 3.86. The number of carbonyl (C=O) groups excluding carboxylic acids is 3. The maximum Gasteiger partial charge on any atom is 0.322 e. The molecule has 112 valence electrons. The van der Waals surface area contributed by atoms with Crippen molar-refractivity contribution in [3.8, 4) is 0 Å². The number of rotatable bonds is 7. The van der Waals surface area contributed by atoms with Crippen LogP contribution in [0.4, 0.5) is 4.79 Å². The highest BCUT2D eigenvalue weighted by molar-refractivity contribution is 6.04. The first-order valence-electron chi connectivity index (χ1n) is 7.02. The Morgan fingerprint density at radius 2 is 2.10 bits per heavy atom. The maximum absolute atomic E-state index is 11.8. The maximum atomic E-state index is 11.8. The minimum Gasteiger partial charge on any atom is -0.355 e. The van der Waals surface area contributed by atoms with Crippen molar-refractivity contribution in [2.45, 2.75) is 37.8 Å². The molecule has 0 radical (unpaired) electrons. The van der Waals surface area contributed by atoms with E-state index in [2.05, 4.69) is 20.9 Å². The molecule has 2 rings (SSSR count). The van der Waals surface area contributed by atoms with Crippen molar-refractivity contribution in [3.63, 3.8) is 0 Å². The van der Waals surface area contributed by atoms with Crippen LogP contribution in [0.5, 0.6) is 0 Å². The van der Waals surface area contributed by atoms with E-state index in [1.54, 1.807) is 0 Å². The molecule has 7 nitrogen and oxygen atoms in total. The minimum absolute atomic E-state index is 0.0774. The first-order valence-corrected chi connectivity index (χ1v) is 7.02. The SMILES string of the molecule is CN(C)C(CNC(=O)CCC1NC(=O)NC1=O)C1CC1. The van der Waals surface area contributed by atoms with E-state index in [-0.39, 0.29) is 18.2 Å². The number of likely N-dealkylation sites (N-methyl/N-ethyl adjacent to an activating group) is 1. The number of imide groups is 1. The van der Waals surface area contributed by atoms with Gasteiger partial charge in [0.25, 0.3) is 5.91 Å². The first kappa shape index (κ1) is 14.8. The third kappa shape index (κ3) is 3.93. The number of carbonyl (C=O) groups is 3. The molecule has 0 spiro atoms. The number of amides is 4. The lowest BCUT2D eigenvalue weighted by atomic mass is 10.1. The Hall–Kier alpha value is -1.63. The predicted molar refractivity (Wildman–Crippen MR) is 72.9 cm³/mol. The second kappa shape index (κ2) is 6.21. The number of nitrogens with zero attached hydrogens (tertiary/aromatic N) is 1. The van der Waals surface area contributed by atoms with Crippen molar-refractivity contribution >= 4 is 17.8 Å². The number of hydrogen-bond donors (Lipinski definition) is 3. The van der Waals surface area contributed by atoms with E-state index in [1.807, 2.05) is 14.1 Å². The van der Waals surface area contributed by atoms with Crippen LogP contribution in [0.2, 0.25) is 0 Å². The second-order valence-corrected chi connectivity index (χ2v) is 5.73. The predicted octanol–water partition coefficient (Wildman–Crippen LogP) is -0.569. The van der Waals surface area contributed by atoms with E-state index in [0.29, 0.717) is 24.9 Å². The van der Waals surface area contributed by atoms with Crippen molar-refractivity contribution in [1.29, 1.82) is 0 Å². The molecule has 7 heteroatoms. The molecule has 1 saturated carbocycles. The molecular formula is C13H22N4O3. The van der Waals surface area contributed by atoms with E-state index >= 15 is 0 Å². The fourth-order valence-electron chi connectivity index (χ4n) is 2.50. The summed E-state index contributed by atoms with van der Waals surface area (Å²) in [4.78, 5) is 36.2. The molecule has 0 aromatic heterocycles. The first-order chi connectivity index (χ1) is 9.47. The van der Waals surface area contributed by atoms with Crippen LogP contribution in [0.1, 0.15) is 25.7 Å². The van der Waals surface area contributed by atoms with Crippen LogP contribution in [0, 0.1) is 5.92 Å². The zero-order valence-corrected chi connectivity index (χ0v) is 11.9. The topological polar surface area (TPSA) is 90.5 Å². The molecule has 4 amide bonds. The van der Waals surface area contributed by atoms with E-state index in [4.69, 9.17) is 0 Å². The standard InChI is InChI=1S/C13H22N4O3/c1-17(2)10(8-3-4-8)7-14-11(18)6-5-9-12(19)16-13(20)15-9/h8-10H,3-7H2,1-2H3,(H,14,18)(H2,15,16,19,20). The van der Waals surface area contributed by atoms with E-state index in [9.17, 15) is 14.4 Å². The van der Waals surface area contributed by atoms with Gasteiger partial charge < -0.3 is 15.5 Å². The number of nitrogens with one attached hydrogen (secondary N) is 3. The van der Waals surface area contributed by atoms with Crippen LogP contribution in [0.3, 0.4) is 0 Å². The summed E-state index contributed by atoms with van der Waals surface area (Å²) in [5.41, 5.74) is 0. The normalized spacial score (nSPS) is 23.4. The molecule has 1 heterocycles. The Bertz CT molecular complexity index is 404. The van der Waals surface area contributed by atoms with Gasteiger partial charge in [-0.2, -0.15) is 0 Å². The summed E-state index contributed by atoms with van der Waals surface area (Å²) in [6.45, 7) is 0.639. The molecule has 0 aromatic rings. The summed E-state index contributed by atoms with van der Waals surface area (Å²) in [6, 6.07) is -0.684. The van der Waals surface area contributed by atoms with Crippen LogP contribution in [0.25, 0.3) is 0 Å². The number of hydrogen-bond acceptors (Lipinski definition) is 4. The summed E-state index contributed by atoms with van der Waals surface area (Å²) in [5, 5.41) is 7.54. The van der Waals surface area contributed by atoms with Crippen molar-refractivity contribution in [2.75, 3.05) is 20.6 Å². The van der Waals surface area contributed by atoms with Crippen LogP contribution in [-0.4, -0.2) is 55.5 Å². The molecule has 2 atom stereocenters. The lowest BCUT2D eigenvalue weighted by Crippen LogP contribution is -2.42. The highest BCUT2D eigenvalue weighted by atomic mass is 16.2. The summed E-state index contributed by atoms with van der Waals surface area (Å²) in [7, 11) is 4.04. The molecule has 1 aliphatic heterocycles. The van der Waals surface area contributed by atoms with Gasteiger partial charge in [-0.3, -0.25) is 14.9 Å². The van der Waals surface area contributed by atoms with Gasteiger partial charge >= 0.3 is 6.03 Å². The molecule has 20 heavy (non-hydrogen) atoms. The summed E-state index contributed by atoms with van der Waals surface area (Å²) in [5.74, 6) is 0.253. The third-order valence-corrected chi connectivity index (χ3v) is 3.86. The molecular weight excluding hydrogens is 260 g/mol. The zero-order valence-electron chi connectivity index (χ0n) is 11.9. The van der Waals surface area contributed by atoms with Crippen LogP contribution in [0.15, 0.2) is 0 Å². The van der Waals surface area contributed by atoms with Gasteiger partial charge in [0, 0.05) is 19.0 Å². The van der Waals surface area contributed by atoms with Gasteiger partial charge in [0.2, 0.25) is 5.91 Å². The Labute approximate surface area is 118 Å². The molecule has 1 aliphatic carbocycles. The van der Waals surface area contributed by atoms with Crippen molar-refractivity contribution in [2.24, 2.45) is 5.92 Å². The lowest BCUT2D eigenvalue weighted by molar-refractivity contribution is -0.122. The second-order valence-electron chi connectivity index (χ2n) is 5.73. The smallest absolute Gasteiger partial charge is 0.322 e. The van der Waals surface area contributed by atoms with E-state index in [1.165, 1.54) is 12.8 Å². The van der Waals surface area contributed by atoms with Crippen molar-refractivity contribution in [3.05, 3.63) is 0 Å². The zero-order chi connectivity index (χ0) is 14.7. The van der Waals surface area contributed by atoms with Gasteiger partial charge in [0.1, 0.15) is 6.04 Å². The van der Waals surface area contributed by atoms with E-state index < -0.39 is 12.1 Å². The quantitative estimate of drug-likeness (QED) is 0.546. The highest BCUT2D eigenvalue weighted by Crippen LogP contribution is 2.34. The lowest BCUT2D eigenvalue weighted by Gasteiger charge is -2.24. The van der Waals surface area contributed by atoms with E-state index in [0.717, 1.165) is 0 Å². The van der Waals surface area contributed by atoms with Gasteiger partial charge in [-0.15, -0.1) is 0 Å². The van der Waals surface area contributed by atoms with Gasteiger partial charge in [0.05, 0.1) is 0 Å². The molecule has 2 fully saturated rings. The summed E-state index contributed by atoms with van der Waals surface area (Å²) in [6.07, 6.45) is 3.03. The highest BCUT2D eigenvalue weighted by Gasteiger charge is 2.33. The van der Waals surface area contributed by atoms with Gasteiger partial charge in [-0.05, 0) is 39.3 Å². The van der Waals surface area contributed by atoms with Gasteiger partial charge in [-0.1, -0.05) is 0 Å². The van der Waals surface area contributed by atoms with Crippen molar-refractivity contribution in [1.82, 2.24) is 20.9 Å². The fraction of sp³-hybridized carbons (Fsp3) is 0.769. The summed E-state index contributed by atoms with van der Waals surface area (Å²) >= 11 is 0. The molecule has 0 bridgehead atoms. The Morgan fingerprint density at radius 3 is 2.60 bits per heavy atom. The summed E-state index contributed by atoms with van der Waals surface area (Å²) < 4.78 is 0. The van der Waals surface area contributed by atoms with Crippen LogP contribution in [-0.2, 0) is 9.59 Å². The Balaban J connectivity index is 1.67. The molecule has 3 N–H and O–H groups in total. The van der Waals surface area contributed by atoms with Crippen molar-refractivity contribution < 1.29 is 14.4 Å². The molecule has 2 aliphatic rings. The Morgan fingerprint density at radius 1 is 1.40 bits per heavy atom. The monoisotopic (exact) mass is 282 g/mol. The molecule has 2 unspecified atom stereocenters. The average molecular weight is 282 g/mol. The van der Waals surface area contributed by atoms with Crippen LogP contribution < -0.4 is 16.0 Å². The largest absolute Gasteiger partial charge is 0.355 e. The van der Waals surface area contributed by atoms with Gasteiger partial charge in [0.15, 0.2) is 0 Å². The fourth-order valence-corrected chi connectivity index (χ4v) is 2.50. The minimum atomic E-state index is -0.582. The Kier molecular flexibility index (Phi) is 4.59. The van der Waals surface area contributed by atoms with Gasteiger partial charge in [-0.25, -0.2) is 4.79 Å². The molecule has 1 saturated heterocycles. The average Bonchev–Trinajstić information content (AvgIpc) is 3.13. The number of urea groups is 1. The molecule has 0 aromatic carbocycles.